The number of quaternary nitrogens is 1. The van der Waals surface area contributed by atoms with E-state index < -0.39 is 5.60 Å². The lowest BCUT2D eigenvalue weighted by molar-refractivity contribution is -0.909. The van der Waals surface area contributed by atoms with Gasteiger partial charge in [-0.1, -0.05) is 78.3 Å². The highest BCUT2D eigenvalue weighted by Gasteiger charge is 2.65. The SMILES string of the molecule is OC(c1ccccc1)(c1ccccc1)C12CC[N+](CCCOc3cccc(Cl)c3)(CC1)C2.[Br-]. The number of piperidine rings is 1. The third-order valence-electron chi connectivity index (χ3n) is 7.76. The van der Waals surface area contributed by atoms with Gasteiger partial charge in [0, 0.05) is 24.3 Å². The van der Waals surface area contributed by atoms with E-state index in [1.807, 2.05) is 60.7 Å². The highest BCUT2D eigenvalue weighted by atomic mass is 79.9. The minimum absolute atomic E-state index is 0. The molecule has 1 N–H and O–H groups in total. The Hall–Kier alpha value is -1.85. The van der Waals surface area contributed by atoms with E-state index in [1.165, 1.54) is 0 Å². The maximum Gasteiger partial charge on any atom is 0.126 e. The fraction of sp³-hybridized carbons (Fsp3) is 0.357. The minimum Gasteiger partial charge on any atom is -1.00 e. The molecule has 2 aliphatic heterocycles. The van der Waals surface area contributed by atoms with E-state index in [1.54, 1.807) is 0 Å². The molecule has 0 aliphatic carbocycles. The van der Waals surface area contributed by atoms with Crippen LogP contribution in [0.2, 0.25) is 5.02 Å². The molecule has 0 unspecified atom stereocenters. The summed E-state index contributed by atoms with van der Waals surface area (Å²) < 4.78 is 7.02. The topological polar surface area (TPSA) is 29.5 Å². The number of benzene rings is 3. The second-order valence-corrected chi connectivity index (χ2v) is 9.99. The first kappa shape index (κ1) is 24.3. The van der Waals surface area contributed by atoms with Gasteiger partial charge in [0.05, 0.1) is 38.2 Å². The van der Waals surface area contributed by atoms with Crippen molar-refractivity contribution in [3.8, 4) is 5.75 Å². The Labute approximate surface area is 212 Å². The Balaban J connectivity index is 0.00000259. The van der Waals surface area contributed by atoms with Gasteiger partial charge in [0.2, 0.25) is 0 Å². The zero-order valence-electron chi connectivity index (χ0n) is 18.8. The molecule has 5 heteroatoms. The number of aliphatic hydroxyl groups is 1. The Morgan fingerprint density at radius 2 is 1.48 bits per heavy atom. The van der Waals surface area contributed by atoms with Crippen molar-refractivity contribution in [2.45, 2.75) is 24.9 Å². The molecular weight excluding hydrogens is 498 g/mol. The number of rotatable bonds is 8. The predicted octanol–water partition coefficient (Wildman–Crippen LogP) is 2.66. The second kappa shape index (κ2) is 9.79. The van der Waals surface area contributed by atoms with Crippen LogP contribution in [0.1, 0.15) is 30.4 Å². The van der Waals surface area contributed by atoms with Gasteiger partial charge in [0.25, 0.3) is 0 Å². The zero-order valence-corrected chi connectivity index (χ0v) is 21.1. The first-order chi connectivity index (χ1) is 15.6. The van der Waals surface area contributed by atoms with E-state index in [4.69, 9.17) is 16.3 Å². The molecule has 3 aromatic rings. The first-order valence-corrected chi connectivity index (χ1v) is 12.0. The van der Waals surface area contributed by atoms with Gasteiger partial charge in [0.15, 0.2) is 0 Å². The molecule has 0 atom stereocenters. The maximum absolute atomic E-state index is 12.4. The summed E-state index contributed by atoms with van der Waals surface area (Å²) in [5.41, 5.74) is 0.919. The number of halogens is 2. The molecule has 5 rings (SSSR count). The van der Waals surface area contributed by atoms with Crippen LogP contribution in [0, 0.1) is 5.41 Å². The summed E-state index contributed by atoms with van der Waals surface area (Å²) in [5.74, 6) is 0.831. The fourth-order valence-electron chi connectivity index (χ4n) is 6.16. The van der Waals surface area contributed by atoms with Gasteiger partial charge in [0.1, 0.15) is 11.4 Å². The van der Waals surface area contributed by atoms with Crippen LogP contribution in [0.3, 0.4) is 0 Å². The van der Waals surface area contributed by atoms with Crippen LogP contribution in [0.4, 0.5) is 0 Å². The Kier molecular flexibility index (Phi) is 7.20. The molecule has 2 bridgehead atoms. The van der Waals surface area contributed by atoms with Gasteiger partial charge in [-0.25, -0.2) is 0 Å². The third kappa shape index (κ3) is 4.46. The van der Waals surface area contributed by atoms with Crippen LogP contribution < -0.4 is 21.7 Å². The number of hydrogen-bond donors (Lipinski definition) is 1. The molecule has 0 saturated carbocycles. The molecule has 2 fully saturated rings. The van der Waals surface area contributed by atoms with Crippen molar-refractivity contribution in [1.29, 1.82) is 0 Å². The van der Waals surface area contributed by atoms with Gasteiger partial charge in [-0.05, 0) is 29.3 Å². The summed E-state index contributed by atoms with van der Waals surface area (Å²) in [5, 5.41) is 13.1. The van der Waals surface area contributed by atoms with Gasteiger partial charge < -0.3 is 31.3 Å². The molecule has 2 heterocycles. The van der Waals surface area contributed by atoms with Gasteiger partial charge in [-0.2, -0.15) is 0 Å². The molecule has 0 aromatic heterocycles. The Bertz CT molecular complexity index is 1010. The summed E-state index contributed by atoms with van der Waals surface area (Å²) >= 11 is 6.06. The molecular formula is C28H31BrClNO2. The number of nitrogens with zero attached hydrogens (tertiary/aromatic N) is 1. The quantitative estimate of drug-likeness (QED) is 0.360. The molecule has 2 saturated heterocycles. The van der Waals surface area contributed by atoms with Crippen LogP contribution in [0.15, 0.2) is 84.9 Å². The summed E-state index contributed by atoms with van der Waals surface area (Å²) in [6.07, 6.45) is 3.09. The van der Waals surface area contributed by atoms with Gasteiger partial charge in [-0.3, -0.25) is 0 Å². The molecule has 3 nitrogen and oxygen atoms in total. The monoisotopic (exact) mass is 527 g/mol. The van der Waals surface area contributed by atoms with Crippen LogP contribution in [-0.4, -0.2) is 42.4 Å². The van der Waals surface area contributed by atoms with Gasteiger partial charge >= 0.3 is 0 Å². The first-order valence-electron chi connectivity index (χ1n) is 11.6. The van der Waals surface area contributed by atoms with Crippen LogP contribution >= 0.6 is 11.6 Å². The van der Waals surface area contributed by atoms with Crippen LogP contribution in [-0.2, 0) is 5.60 Å². The average molecular weight is 529 g/mol. The molecule has 2 aliphatic rings. The fourth-order valence-corrected chi connectivity index (χ4v) is 6.34. The summed E-state index contributed by atoms with van der Waals surface area (Å²) in [6, 6.07) is 28.2. The highest BCUT2D eigenvalue weighted by molar-refractivity contribution is 6.30. The van der Waals surface area contributed by atoms with Crippen molar-refractivity contribution in [3.63, 3.8) is 0 Å². The minimum atomic E-state index is -0.969. The van der Waals surface area contributed by atoms with E-state index in [-0.39, 0.29) is 22.4 Å². The smallest absolute Gasteiger partial charge is 0.126 e. The molecule has 0 spiro atoms. The van der Waals surface area contributed by atoms with E-state index in [2.05, 4.69) is 24.3 Å². The molecule has 0 radical (unpaired) electrons. The normalized spacial score (nSPS) is 23.8. The largest absolute Gasteiger partial charge is 1.00 e. The summed E-state index contributed by atoms with van der Waals surface area (Å²) in [6.45, 7) is 5.04. The summed E-state index contributed by atoms with van der Waals surface area (Å²) in [7, 11) is 0. The number of fused-ring (bicyclic) bond motifs is 2. The van der Waals surface area contributed by atoms with E-state index >= 15 is 0 Å². The molecule has 33 heavy (non-hydrogen) atoms. The van der Waals surface area contributed by atoms with Crippen molar-refractivity contribution < 1.29 is 31.3 Å². The Morgan fingerprint density at radius 3 is 2.06 bits per heavy atom. The van der Waals surface area contributed by atoms with Crippen molar-refractivity contribution in [1.82, 2.24) is 0 Å². The van der Waals surface area contributed by atoms with E-state index in [0.29, 0.717) is 11.6 Å². The highest BCUT2D eigenvalue weighted by Crippen LogP contribution is 2.58. The molecule has 174 valence electrons. The van der Waals surface area contributed by atoms with Gasteiger partial charge in [-0.15, -0.1) is 0 Å². The maximum atomic E-state index is 12.4. The van der Waals surface area contributed by atoms with E-state index in [0.717, 1.165) is 66.8 Å². The Morgan fingerprint density at radius 1 is 0.879 bits per heavy atom. The second-order valence-electron chi connectivity index (χ2n) is 9.55. The number of hydrogen-bond acceptors (Lipinski definition) is 2. The molecule has 3 aromatic carbocycles. The lowest BCUT2D eigenvalue weighted by Gasteiger charge is -2.42. The zero-order chi connectivity index (χ0) is 22.1. The van der Waals surface area contributed by atoms with E-state index in [9.17, 15) is 5.11 Å². The van der Waals surface area contributed by atoms with Crippen molar-refractivity contribution in [2.75, 3.05) is 32.8 Å². The van der Waals surface area contributed by atoms with Crippen LogP contribution in [0.5, 0.6) is 5.75 Å². The van der Waals surface area contributed by atoms with Crippen molar-refractivity contribution in [2.24, 2.45) is 5.41 Å². The lowest BCUT2D eigenvalue weighted by atomic mass is 9.63. The third-order valence-corrected chi connectivity index (χ3v) is 7.99. The average Bonchev–Trinajstić information content (AvgIpc) is 3.41. The predicted molar refractivity (Wildman–Crippen MR) is 129 cm³/mol. The lowest BCUT2D eigenvalue weighted by Crippen LogP contribution is -3.00. The van der Waals surface area contributed by atoms with Crippen LogP contribution in [0.25, 0.3) is 0 Å². The standard InChI is InChI=1S/C28H31ClNO2.BrH/c29-25-13-7-14-26(21-25)32-20-8-17-30-18-15-27(22-30,16-19-30)28(31,23-9-3-1-4-10-23)24-11-5-2-6-12-24;/h1-7,9-14,21,31H,8,15-20,22H2;1H/q+1;/p-1. The number of ether oxygens (including phenoxy) is 1. The molecule has 0 amide bonds. The van der Waals surface area contributed by atoms with Crippen molar-refractivity contribution >= 4 is 11.6 Å². The van der Waals surface area contributed by atoms with Crippen molar-refractivity contribution in [3.05, 3.63) is 101 Å². The summed E-state index contributed by atoms with van der Waals surface area (Å²) in [4.78, 5) is 0.